The van der Waals surface area contributed by atoms with E-state index < -0.39 is 23.2 Å². The largest absolute Gasteiger partial charge is 0.423 e. The monoisotopic (exact) mass is 374 g/mol. The van der Waals surface area contributed by atoms with Gasteiger partial charge in [0.2, 0.25) is 0 Å². The minimum absolute atomic E-state index is 0.172. The van der Waals surface area contributed by atoms with E-state index >= 15 is 0 Å². The molecule has 0 atom stereocenters. The van der Waals surface area contributed by atoms with Crippen LogP contribution in [-0.2, 0) is 0 Å². The highest BCUT2D eigenvalue weighted by molar-refractivity contribution is 6.08. The molecule has 1 fully saturated rings. The summed E-state index contributed by atoms with van der Waals surface area (Å²) >= 11 is 0. The Balaban J connectivity index is 1.76. The zero-order valence-electron chi connectivity index (χ0n) is 15.2. The molecule has 0 aromatic heterocycles. The summed E-state index contributed by atoms with van der Waals surface area (Å²) in [5, 5.41) is 0. The van der Waals surface area contributed by atoms with Gasteiger partial charge in [-0.05, 0) is 61.4 Å². The van der Waals surface area contributed by atoms with E-state index in [4.69, 9.17) is 4.74 Å². The fourth-order valence-electron chi connectivity index (χ4n) is 3.69. The third-order valence-corrected chi connectivity index (χ3v) is 6.55. The van der Waals surface area contributed by atoms with Crippen molar-refractivity contribution in [2.24, 2.45) is 5.92 Å². The van der Waals surface area contributed by atoms with Crippen molar-refractivity contribution in [3.05, 3.63) is 64.7 Å². The van der Waals surface area contributed by atoms with E-state index in [0.29, 0.717) is 5.56 Å². The molecule has 2 aromatic rings. The van der Waals surface area contributed by atoms with Gasteiger partial charge >= 0.3 is 5.97 Å². The summed E-state index contributed by atoms with van der Waals surface area (Å²) in [6, 6.07) is 10.7. The predicted molar refractivity (Wildman–Crippen MR) is 102 cm³/mol. The second-order valence-electron chi connectivity index (χ2n) is 7.19. The van der Waals surface area contributed by atoms with Crippen LogP contribution >= 0.6 is 0 Å². The van der Waals surface area contributed by atoms with Crippen LogP contribution in [0.25, 0.3) is 0 Å². The van der Waals surface area contributed by atoms with Gasteiger partial charge in [-0.2, -0.15) is 0 Å². The van der Waals surface area contributed by atoms with E-state index in [1.165, 1.54) is 28.4 Å². The topological polar surface area (TPSA) is 26.3 Å². The maximum atomic E-state index is 14.5. The molecule has 1 aliphatic rings. The van der Waals surface area contributed by atoms with Crippen molar-refractivity contribution in [1.29, 1.82) is 0 Å². The maximum Gasteiger partial charge on any atom is 0.349 e. The molecule has 2 aromatic carbocycles. The van der Waals surface area contributed by atoms with E-state index in [9.17, 15) is 13.6 Å². The number of hydrogen-bond donors (Lipinski definition) is 0. The van der Waals surface area contributed by atoms with Gasteiger partial charge in [0.1, 0.15) is 22.9 Å². The van der Waals surface area contributed by atoms with Gasteiger partial charge in [0.15, 0.2) is 0 Å². The SMILES string of the molecule is Cc1ccc(OC(=O)c2c(F)cc(C3CCC(C[SiH3])CC3)cc2F)cc1. The first-order chi connectivity index (χ1) is 12.5. The van der Waals surface area contributed by atoms with Crippen molar-refractivity contribution >= 4 is 16.2 Å². The number of carbonyl (C=O) groups is 1. The number of aryl methyl sites for hydroxylation is 1. The normalized spacial score (nSPS) is 20.1. The van der Waals surface area contributed by atoms with Gasteiger partial charge < -0.3 is 4.74 Å². The summed E-state index contributed by atoms with van der Waals surface area (Å²) in [7, 11) is 1.20. The number of carbonyl (C=O) groups excluding carboxylic acids is 1. The molecule has 1 saturated carbocycles. The van der Waals surface area contributed by atoms with Gasteiger partial charge in [-0.15, -0.1) is 0 Å². The van der Waals surface area contributed by atoms with Crippen LogP contribution in [0.2, 0.25) is 6.04 Å². The molecule has 0 spiro atoms. The van der Waals surface area contributed by atoms with E-state index in [1.807, 2.05) is 6.92 Å². The second kappa shape index (κ2) is 8.12. The number of halogens is 2. The third kappa shape index (κ3) is 4.21. The first-order valence-electron chi connectivity index (χ1n) is 9.25. The number of ether oxygens (including phenoxy) is 1. The summed E-state index contributed by atoms with van der Waals surface area (Å²) in [5.41, 5.74) is 1.04. The van der Waals surface area contributed by atoms with Crippen LogP contribution in [-0.4, -0.2) is 16.2 Å². The summed E-state index contributed by atoms with van der Waals surface area (Å²) in [4.78, 5) is 12.2. The molecule has 0 saturated heterocycles. The number of esters is 1. The number of hydrogen-bond acceptors (Lipinski definition) is 2. The van der Waals surface area contributed by atoms with E-state index in [2.05, 4.69) is 0 Å². The first-order valence-corrected chi connectivity index (χ1v) is 10.7. The smallest absolute Gasteiger partial charge is 0.349 e. The lowest BCUT2D eigenvalue weighted by molar-refractivity contribution is 0.0724. The average molecular weight is 375 g/mol. The Morgan fingerprint density at radius 2 is 1.65 bits per heavy atom. The minimum Gasteiger partial charge on any atom is -0.423 e. The van der Waals surface area contributed by atoms with Crippen LogP contribution < -0.4 is 4.74 Å². The van der Waals surface area contributed by atoms with Crippen molar-refractivity contribution in [3.8, 4) is 5.75 Å². The van der Waals surface area contributed by atoms with Crippen LogP contribution in [0.15, 0.2) is 36.4 Å². The number of rotatable bonds is 4. The Morgan fingerprint density at radius 3 is 2.19 bits per heavy atom. The fourth-order valence-corrected chi connectivity index (χ4v) is 4.51. The molecule has 0 radical (unpaired) electrons. The van der Waals surface area contributed by atoms with Gasteiger partial charge in [-0.3, -0.25) is 0 Å². The molecule has 2 nitrogen and oxygen atoms in total. The molecular formula is C21H24F2O2Si. The van der Waals surface area contributed by atoms with Crippen molar-refractivity contribution in [2.45, 2.75) is 44.6 Å². The molecule has 0 unspecified atom stereocenters. The lowest BCUT2D eigenvalue weighted by Gasteiger charge is -2.28. The standard InChI is InChI=1S/C21H24F2O2Si/c1-13-2-8-17(9-3-13)25-21(24)20-18(22)10-16(11-19(20)23)15-6-4-14(12-26)5-7-15/h2-3,8-11,14-15H,4-7,12H2,1,26H3. The van der Waals surface area contributed by atoms with Crippen molar-refractivity contribution in [2.75, 3.05) is 0 Å². The van der Waals surface area contributed by atoms with E-state index in [0.717, 1.165) is 37.2 Å². The fraction of sp³-hybridized carbons (Fsp3) is 0.381. The summed E-state index contributed by atoms with van der Waals surface area (Å²) in [5.74, 6) is -1.48. The molecule has 26 heavy (non-hydrogen) atoms. The highest BCUT2D eigenvalue weighted by Gasteiger charge is 2.26. The molecule has 1 aliphatic carbocycles. The quantitative estimate of drug-likeness (QED) is 0.446. The van der Waals surface area contributed by atoms with E-state index in [-0.39, 0.29) is 11.7 Å². The molecule has 0 N–H and O–H groups in total. The van der Waals surface area contributed by atoms with Crippen molar-refractivity contribution in [1.82, 2.24) is 0 Å². The van der Waals surface area contributed by atoms with E-state index in [1.54, 1.807) is 24.3 Å². The van der Waals surface area contributed by atoms with Crippen LogP contribution in [0.3, 0.4) is 0 Å². The summed E-state index contributed by atoms with van der Waals surface area (Å²) < 4.78 is 34.1. The molecule has 0 aliphatic heterocycles. The van der Waals surface area contributed by atoms with Gasteiger partial charge in [0.25, 0.3) is 0 Å². The molecular weight excluding hydrogens is 350 g/mol. The molecule has 0 amide bonds. The molecule has 3 rings (SSSR count). The lowest BCUT2D eigenvalue weighted by atomic mass is 9.79. The Kier molecular flexibility index (Phi) is 5.86. The Labute approximate surface area is 156 Å². The van der Waals surface area contributed by atoms with Crippen molar-refractivity contribution in [3.63, 3.8) is 0 Å². The van der Waals surface area contributed by atoms with Gasteiger partial charge in [0.05, 0.1) is 0 Å². The molecule has 0 bridgehead atoms. The second-order valence-corrected chi connectivity index (χ2v) is 8.00. The minimum atomic E-state index is -1.00. The zero-order valence-corrected chi connectivity index (χ0v) is 17.2. The zero-order chi connectivity index (χ0) is 18.7. The average Bonchev–Trinajstić information content (AvgIpc) is 2.63. The van der Waals surface area contributed by atoms with Gasteiger partial charge in [-0.25, -0.2) is 13.6 Å². The Bertz CT molecular complexity index is 758. The summed E-state index contributed by atoms with van der Waals surface area (Å²) in [6.45, 7) is 1.90. The lowest BCUT2D eigenvalue weighted by Crippen LogP contribution is -2.16. The maximum absolute atomic E-state index is 14.5. The Hall–Kier alpha value is -2.01. The molecule has 0 heterocycles. The van der Waals surface area contributed by atoms with Gasteiger partial charge in [0, 0.05) is 10.2 Å². The highest BCUT2D eigenvalue weighted by atomic mass is 28.1. The van der Waals surface area contributed by atoms with Crippen molar-refractivity contribution < 1.29 is 18.3 Å². The highest BCUT2D eigenvalue weighted by Crippen LogP contribution is 2.37. The predicted octanol–water partition coefficient (Wildman–Crippen LogP) is 4.55. The Morgan fingerprint density at radius 1 is 1.08 bits per heavy atom. The third-order valence-electron chi connectivity index (χ3n) is 5.40. The van der Waals surface area contributed by atoms with Gasteiger partial charge in [-0.1, -0.05) is 36.6 Å². The summed E-state index contributed by atoms with van der Waals surface area (Å²) in [6.07, 6.45) is 4.15. The number of benzene rings is 2. The van der Waals surface area contributed by atoms with Crippen LogP contribution in [0.1, 0.15) is 53.1 Å². The van der Waals surface area contributed by atoms with Crippen LogP contribution in [0, 0.1) is 24.5 Å². The molecule has 138 valence electrons. The molecule has 5 heteroatoms. The van der Waals surface area contributed by atoms with Crippen LogP contribution in [0.5, 0.6) is 5.75 Å². The first kappa shape index (κ1) is 18.8. The van der Waals surface area contributed by atoms with Crippen LogP contribution in [0.4, 0.5) is 8.78 Å².